The molecule has 194 valence electrons. The molecule has 0 amide bonds. The van der Waals surface area contributed by atoms with Gasteiger partial charge < -0.3 is 9.52 Å². The predicted molar refractivity (Wildman–Crippen MR) is 140 cm³/mol. The van der Waals surface area contributed by atoms with Gasteiger partial charge in [-0.15, -0.1) is 0 Å². The van der Waals surface area contributed by atoms with Crippen LogP contribution >= 0.6 is 0 Å². The maximum Gasteiger partial charge on any atom is 0.343 e. The number of benzene rings is 1. The largest absolute Gasteiger partial charge is 0.507 e. The van der Waals surface area contributed by atoms with Crippen LogP contribution in [0.4, 0.5) is 5.69 Å². The molecular weight excluding hydrogens is 490 g/mol. The standard InChI is InChI=1S/C28H31N3O5S/c1-2-22(26-27(32)23-12-7-5-3-4-6-8-13-24(23)36-28(26)33)20-10-9-11-21(16-20)31-37(34,35)25-15-14-19(17-29)18-30-25/h9-11,14-16,18,22,31-32H,2-8,12-13H2,1H3. The van der Waals surface area contributed by atoms with Crippen LogP contribution < -0.4 is 10.3 Å². The van der Waals surface area contributed by atoms with Crippen LogP contribution in [0, 0.1) is 11.3 Å². The van der Waals surface area contributed by atoms with Crippen molar-refractivity contribution in [3.8, 4) is 11.8 Å². The van der Waals surface area contributed by atoms with Gasteiger partial charge in [-0.25, -0.2) is 9.78 Å². The summed E-state index contributed by atoms with van der Waals surface area (Å²) >= 11 is 0. The van der Waals surface area contributed by atoms with Crippen molar-refractivity contribution >= 4 is 15.7 Å². The van der Waals surface area contributed by atoms with Crippen LogP contribution in [0.5, 0.6) is 5.75 Å². The van der Waals surface area contributed by atoms with Crippen molar-refractivity contribution in [2.75, 3.05) is 4.72 Å². The molecule has 1 atom stereocenters. The Hall–Kier alpha value is -3.64. The van der Waals surface area contributed by atoms with E-state index in [1.165, 1.54) is 24.8 Å². The van der Waals surface area contributed by atoms with Gasteiger partial charge in [-0.3, -0.25) is 4.72 Å². The molecule has 3 aromatic rings. The maximum absolute atomic E-state index is 13.1. The molecule has 0 saturated heterocycles. The first-order chi connectivity index (χ1) is 17.8. The summed E-state index contributed by atoms with van der Waals surface area (Å²) in [6.45, 7) is 1.91. The van der Waals surface area contributed by atoms with Gasteiger partial charge in [0.25, 0.3) is 10.0 Å². The molecule has 0 spiro atoms. The Morgan fingerprint density at radius 3 is 2.51 bits per heavy atom. The molecule has 1 aliphatic rings. The summed E-state index contributed by atoms with van der Waals surface area (Å²) in [5.74, 6) is 0.111. The van der Waals surface area contributed by atoms with E-state index in [1.54, 1.807) is 24.3 Å². The summed E-state index contributed by atoms with van der Waals surface area (Å²) in [6.07, 6.45) is 9.31. The van der Waals surface area contributed by atoms with Gasteiger partial charge in [0.1, 0.15) is 17.6 Å². The zero-order valence-corrected chi connectivity index (χ0v) is 21.7. The molecule has 2 heterocycles. The highest BCUT2D eigenvalue weighted by Crippen LogP contribution is 2.37. The minimum Gasteiger partial charge on any atom is -0.507 e. The second kappa shape index (κ2) is 11.6. The number of hydrogen-bond acceptors (Lipinski definition) is 7. The fourth-order valence-corrected chi connectivity index (χ4v) is 5.90. The van der Waals surface area contributed by atoms with Crippen LogP contribution in [-0.4, -0.2) is 18.5 Å². The second-order valence-electron chi connectivity index (χ2n) is 9.36. The molecule has 2 N–H and O–H groups in total. The highest BCUT2D eigenvalue weighted by atomic mass is 32.2. The highest BCUT2D eigenvalue weighted by molar-refractivity contribution is 7.92. The van der Waals surface area contributed by atoms with E-state index >= 15 is 0 Å². The lowest BCUT2D eigenvalue weighted by molar-refractivity contribution is 0.386. The number of nitrogens with one attached hydrogen (secondary N) is 1. The summed E-state index contributed by atoms with van der Waals surface area (Å²) in [5.41, 5.74) is 1.62. The van der Waals surface area contributed by atoms with Crippen molar-refractivity contribution in [1.29, 1.82) is 5.26 Å². The SMILES string of the molecule is CCC(c1cccc(NS(=O)(=O)c2ccc(C#N)cn2)c1)c1c(O)c2c(oc1=O)CCCCCCCC2. The number of rotatable bonds is 6. The summed E-state index contributed by atoms with van der Waals surface area (Å²) in [7, 11) is -3.99. The van der Waals surface area contributed by atoms with Crippen molar-refractivity contribution in [2.45, 2.75) is 75.7 Å². The molecule has 0 aliphatic heterocycles. The number of anilines is 1. The molecule has 2 aromatic heterocycles. The number of nitrogens with zero attached hydrogens (tertiary/aromatic N) is 2. The van der Waals surface area contributed by atoms with Gasteiger partial charge in [0.15, 0.2) is 5.03 Å². The molecule has 1 aliphatic carbocycles. The lowest BCUT2D eigenvalue weighted by Crippen LogP contribution is -2.18. The zero-order valence-electron chi connectivity index (χ0n) is 20.9. The van der Waals surface area contributed by atoms with E-state index in [0.29, 0.717) is 36.3 Å². The van der Waals surface area contributed by atoms with Gasteiger partial charge in [0, 0.05) is 29.8 Å². The van der Waals surface area contributed by atoms with Crippen LogP contribution in [-0.2, 0) is 22.9 Å². The van der Waals surface area contributed by atoms with Crippen LogP contribution in [0.25, 0.3) is 0 Å². The van der Waals surface area contributed by atoms with Gasteiger partial charge in [0.2, 0.25) is 0 Å². The Bertz CT molecular complexity index is 1460. The van der Waals surface area contributed by atoms with Crippen molar-refractivity contribution in [1.82, 2.24) is 4.98 Å². The second-order valence-corrected chi connectivity index (χ2v) is 11.0. The molecular formula is C28H31N3O5S. The Kier molecular flexibility index (Phi) is 8.29. The Morgan fingerprint density at radius 2 is 1.84 bits per heavy atom. The Labute approximate surface area is 217 Å². The lowest BCUT2D eigenvalue weighted by Gasteiger charge is -2.20. The fourth-order valence-electron chi connectivity index (χ4n) is 4.92. The van der Waals surface area contributed by atoms with Crippen molar-refractivity contribution < 1.29 is 17.9 Å². The number of aryl methyl sites for hydroxylation is 1. The molecule has 0 saturated carbocycles. The minimum absolute atomic E-state index is 0.00596. The van der Waals surface area contributed by atoms with E-state index in [0.717, 1.165) is 37.7 Å². The minimum atomic E-state index is -3.99. The third-order valence-electron chi connectivity index (χ3n) is 6.83. The van der Waals surface area contributed by atoms with Crippen molar-refractivity contribution in [2.24, 2.45) is 0 Å². The summed E-state index contributed by atoms with van der Waals surface area (Å²) in [5, 5.41) is 20.0. The van der Waals surface area contributed by atoms with Crippen molar-refractivity contribution in [3.05, 3.63) is 81.0 Å². The lowest BCUT2D eigenvalue weighted by atomic mass is 9.87. The van der Waals surface area contributed by atoms with Crippen LogP contribution in [0.15, 0.2) is 56.8 Å². The third-order valence-corrected chi connectivity index (χ3v) is 8.13. The van der Waals surface area contributed by atoms with Gasteiger partial charge in [-0.05, 0) is 55.5 Å². The van der Waals surface area contributed by atoms with Gasteiger partial charge in [-0.2, -0.15) is 13.7 Å². The molecule has 0 fully saturated rings. The van der Waals surface area contributed by atoms with E-state index in [-0.39, 0.29) is 21.9 Å². The third kappa shape index (κ3) is 6.03. The molecule has 0 bridgehead atoms. The number of hydrogen-bond donors (Lipinski definition) is 2. The van der Waals surface area contributed by atoms with E-state index in [2.05, 4.69) is 9.71 Å². The summed E-state index contributed by atoms with van der Waals surface area (Å²) < 4.78 is 34.0. The van der Waals surface area contributed by atoms with Gasteiger partial charge in [0.05, 0.1) is 11.1 Å². The molecule has 8 nitrogen and oxygen atoms in total. The molecule has 4 rings (SSSR count). The number of sulfonamides is 1. The molecule has 0 radical (unpaired) electrons. The number of pyridine rings is 1. The normalized spacial score (nSPS) is 15.2. The van der Waals surface area contributed by atoms with E-state index < -0.39 is 21.6 Å². The molecule has 1 aromatic carbocycles. The first kappa shape index (κ1) is 26.4. The fraction of sp³-hybridized carbons (Fsp3) is 0.393. The summed E-state index contributed by atoms with van der Waals surface area (Å²) in [4.78, 5) is 17.0. The molecule has 37 heavy (non-hydrogen) atoms. The van der Waals surface area contributed by atoms with E-state index in [9.17, 15) is 18.3 Å². The zero-order chi connectivity index (χ0) is 26.4. The monoisotopic (exact) mass is 521 g/mol. The topological polar surface area (TPSA) is 133 Å². The number of aromatic hydroxyl groups is 1. The average molecular weight is 522 g/mol. The van der Waals surface area contributed by atoms with E-state index in [1.807, 2.05) is 13.0 Å². The summed E-state index contributed by atoms with van der Waals surface area (Å²) in [6, 6.07) is 11.3. The first-order valence-corrected chi connectivity index (χ1v) is 14.2. The van der Waals surface area contributed by atoms with Gasteiger partial charge in [-0.1, -0.05) is 44.7 Å². The number of aromatic nitrogens is 1. The van der Waals surface area contributed by atoms with Gasteiger partial charge >= 0.3 is 5.63 Å². The van der Waals surface area contributed by atoms with Crippen molar-refractivity contribution in [3.63, 3.8) is 0 Å². The average Bonchev–Trinajstić information content (AvgIpc) is 2.89. The molecule has 9 heteroatoms. The van der Waals surface area contributed by atoms with Crippen LogP contribution in [0.2, 0.25) is 0 Å². The first-order valence-electron chi connectivity index (χ1n) is 12.7. The smallest absolute Gasteiger partial charge is 0.343 e. The van der Waals surface area contributed by atoms with Crippen LogP contribution in [0.3, 0.4) is 0 Å². The maximum atomic E-state index is 13.1. The Morgan fingerprint density at radius 1 is 1.11 bits per heavy atom. The highest BCUT2D eigenvalue weighted by Gasteiger charge is 2.26. The van der Waals surface area contributed by atoms with E-state index in [4.69, 9.17) is 9.68 Å². The number of nitriles is 1. The van der Waals surface area contributed by atoms with Crippen LogP contribution in [0.1, 0.15) is 85.8 Å². The quantitative estimate of drug-likeness (QED) is 0.444. The number of fused-ring (bicyclic) bond motifs is 1. The predicted octanol–water partition coefficient (Wildman–Crippen LogP) is 5.39. The molecule has 1 unspecified atom stereocenters. The Balaban J connectivity index is 1.67.